The van der Waals surface area contributed by atoms with Crippen LogP contribution in [0.2, 0.25) is 0 Å². The van der Waals surface area contributed by atoms with E-state index in [-0.39, 0.29) is 5.82 Å². The zero-order valence-electron chi connectivity index (χ0n) is 8.15. The van der Waals surface area contributed by atoms with Crippen molar-refractivity contribution in [2.75, 3.05) is 6.54 Å². The van der Waals surface area contributed by atoms with E-state index < -0.39 is 0 Å². The van der Waals surface area contributed by atoms with Gasteiger partial charge in [0.2, 0.25) is 0 Å². The smallest absolute Gasteiger partial charge is 0.123 e. The number of nitrogens with one attached hydrogen (secondary N) is 1. The van der Waals surface area contributed by atoms with Crippen LogP contribution >= 0.6 is 0 Å². The molecular formula is C12H14FN. The summed E-state index contributed by atoms with van der Waals surface area (Å²) < 4.78 is 13.3. The molecule has 2 aliphatic rings. The number of fused-ring (bicyclic) bond motifs is 1. The van der Waals surface area contributed by atoms with E-state index in [0.29, 0.717) is 6.04 Å². The average Bonchev–Trinajstić information content (AvgIpc) is 2.47. The molecule has 0 amide bonds. The Morgan fingerprint density at radius 2 is 2.14 bits per heavy atom. The maximum atomic E-state index is 13.3. The van der Waals surface area contributed by atoms with Crippen molar-refractivity contribution in [2.24, 2.45) is 0 Å². The Morgan fingerprint density at radius 1 is 1.29 bits per heavy atom. The Hall–Kier alpha value is -0.890. The van der Waals surface area contributed by atoms with E-state index in [0.717, 1.165) is 25.8 Å². The van der Waals surface area contributed by atoms with Crippen molar-refractivity contribution in [1.82, 2.24) is 5.32 Å². The van der Waals surface area contributed by atoms with E-state index in [2.05, 4.69) is 5.32 Å². The minimum Gasteiger partial charge on any atom is -0.310 e. The highest BCUT2D eigenvalue weighted by molar-refractivity contribution is 5.41. The van der Waals surface area contributed by atoms with Gasteiger partial charge in [0, 0.05) is 6.04 Å². The van der Waals surface area contributed by atoms with Crippen molar-refractivity contribution in [2.45, 2.75) is 31.7 Å². The second kappa shape index (κ2) is 3.06. The summed E-state index contributed by atoms with van der Waals surface area (Å²) in [6.45, 7) is 1.08. The third-order valence-electron chi connectivity index (χ3n) is 3.41. The van der Waals surface area contributed by atoms with Gasteiger partial charge in [-0.1, -0.05) is 0 Å². The van der Waals surface area contributed by atoms with Gasteiger partial charge >= 0.3 is 0 Å². The Balaban J connectivity index is 2.08. The number of benzene rings is 1. The highest BCUT2D eigenvalue weighted by Gasteiger charge is 2.25. The van der Waals surface area contributed by atoms with Crippen LogP contribution in [0.4, 0.5) is 4.39 Å². The largest absolute Gasteiger partial charge is 0.310 e. The molecule has 0 spiro atoms. The molecule has 2 heteroatoms. The molecule has 1 heterocycles. The van der Waals surface area contributed by atoms with Crippen molar-refractivity contribution in [1.29, 1.82) is 0 Å². The van der Waals surface area contributed by atoms with Gasteiger partial charge in [0.25, 0.3) is 0 Å². The minimum atomic E-state index is -0.0608. The third kappa shape index (κ3) is 1.17. The van der Waals surface area contributed by atoms with E-state index in [1.54, 1.807) is 12.1 Å². The quantitative estimate of drug-likeness (QED) is 0.718. The normalized spacial score (nSPS) is 24.5. The lowest BCUT2D eigenvalue weighted by atomic mass is 9.91. The first kappa shape index (κ1) is 8.42. The first-order valence-corrected chi connectivity index (χ1v) is 5.39. The second-order valence-electron chi connectivity index (χ2n) is 4.28. The Bertz CT molecular complexity index is 369. The topological polar surface area (TPSA) is 12.0 Å². The number of aryl methyl sites for hydroxylation is 1. The summed E-state index contributed by atoms with van der Waals surface area (Å²) in [6, 6.07) is 3.86. The van der Waals surface area contributed by atoms with Crippen molar-refractivity contribution in [3.05, 3.63) is 34.6 Å². The van der Waals surface area contributed by atoms with Gasteiger partial charge in [-0.3, -0.25) is 0 Å². The molecule has 1 nitrogen and oxygen atoms in total. The Morgan fingerprint density at radius 3 is 2.86 bits per heavy atom. The van der Waals surface area contributed by atoms with Crippen LogP contribution in [-0.2, 0) is 12.8 Å². The molecule has 1 aliphatic heterocycles. The maximum absolute atomic E-state index is 13.3. The molecule has 1 atom stereocenters. The summed E-state index contributed by atoms with van der Waals surface area (Å²) in [5.74, 6) is -0.0608. The lowest BCUT2D eigenvalue weighted by molar-refractivity contribution is 0.380. The molecule has 14 heavy (non-hydrogen) atoms. The fourth-order valence-corrected chi connectivity index (χ4v) is 2.56. The van der Waals surface area contributed by atoms with Crippen LogP contribution < -0.4 is 5.32 Å². The van der Waals surface area contributed by atoms with Gasteiger partial charge in [-0.25, -0.2) is 4.39 Å². The molecule has 0 saturated carbocycles. The summed E-state index contributed by atoms with van der Waals surface area (Å²) >= 11 is 0. The summed E-state index contributed by atoms with van der Waals surface area (Å²) in [7, 11) is 0. The van der Waals surface area contributed by atoms with E-state index in [4.69, 9.17) is 0 Å². The lowest BCUT2D eigenvalue weighted by Gasteiger charge is -2.30. The minimum absolute atomic E-state index is 0.0608. The van der Waals surface area contributed by atoms with Crippen LogP contribution in [0.3, 0.4) is 0 Å². The number of hydrogen-bond acceptors (Lipinski definition) is 1. The van der Waals surface area contributed by atoms with Gasteiger partial charge in [0.1, 0.15) is 5.82 Å². The molecule has 1 aliphatic carbocycles. The van der Waals surface area contributed by atoms with Crippen LogP contribution in [0.1, 0.15) is 35.6 Å². The molecule has 0 radical (unpaired) electrons. The average molecular weight is 191 g/mol. The van der Waals surface area contributed by atoms with Crippen LogP contribution in [0, 0.1) is 5.82 Å². The Kier molecular flexibility index (Phi) is 1.84. The zero-order valence-corrected chi connectivity index (χ0v) is 8.15. The van der Waals surface area contributed by atoms with Crippen LogP contribution in [0.25, 0.3) is 0 Å². The predicted octanol–water partition coefficient (Wildman–Crippen LogP) is 2.35. The summed E-state index contributed by atoms with van der Waals surface area (Å²) in [6.07, 6.45) is 4.56. The fraction of sp³-hybridized carbons (Fsp3) is 0.500. The van der Waals surface area contributed by atoms with Gasteiger partial charge in [-0.15, -0.1) is 0 Å². The molecular weight excluding hydrogens is 177 g/mol. The van der Waals surface area contributed by atoms with Crippen molar-refractivity contribution in [3.8, 4) is 0 Å². The molecule has 1 aromatic carbocycles. The predicted molar refractivity (Wildman–Crippen MR) is 53.8 cm³/mol. The highest BCUT2D eigenvalue weighted by atomic mass is 19.1. The summed E-state index contributed by atoms with van der Waals surface area (Å²) in [5, 5.41) is 3.35. The summed E-state index contributed by atoms with van der Waals surface area (Å²) in [5.41, 5.74) is 3.89. The van der Waals surface area contributed by atoms with Gasteiger partial charge < -0.3 is 5.32 Å². The van der Waals surface area contributed by atoms with E-state index in [9.17, 15) is 4.39 Å². The number of hydrogen-bond donors (Lipinski definition) is 1. The maximum Gasteiger partial charge on any atom is 0.123 e. The van der Waals surface area contributed by atoms with E-state index >= 15 is 0 Å². The monoisotopic (exact) mass is 191 g/mol. The van der Waals surface area contributed by atoms with Gasteiger partial charge in [-0.2, -0.15) is 0 Å². The lowest BCUT2D eigenvalue weighted by Crippen LogP contribution is -2.35. The van der Waals surface area contributed by atoms with Gasteiger partial charge in [-0.05, 0) is 61.1 Å². The molecule has 3 rings (SSSR count). The number of halogens is 1. The fourth-order valence-electron chi connectivity index (χ4n) is 2.56. The van der Waals surface area contributed by atoms with Crippen LogP contribution in [-0.4, -0.2) is 6.54 Å². The second-order valence-corrected chi connectivity index (χ2v) is 4.28. The number of rotatable bonds is 1. The molecule has 1 saturated heterocycles. The Labute approximate surface area is 83.3 Å². The van der Waals surface area contributed by atoms with Crippen molar-refractivity contribution in [3.63, 3.8) is 0 Å². The van der Waals surface area contributed by atoms with Gasteiger partial charge in [0.15, 0.2) is 0 Å². The zero-order chi connectivity index (χ0) is 9.54. The van der Waals surface area contributed by atoms with E-state index in [1.807, 2.05) is 0 Å². The van der Waals surface area contributed by atoms with Crippen LogP contribution in [0.5, 0.6) is 0 Å². The summed E-state index contributed by atoms with van der Waals surface area (Å²) in [4.78, 5) is 0. The first-order valence-electron chi connectivity index (χ1n) is 5.39. The third-order valence-corrected chi connectivity index (χ3v) is 3.41. The highest BCUT2D eigenvalue weighted by Crippen LogP contribution is 2.33. The molecule has 1 fully saturated rings. The molecule has 1 aromatic rings. The van der Waals surface area contributed by atoms with Gasteiger partial charge in [0.05, 0.1) is 0 Å². The molecule has 1 N–H and O–H groups in total. The molecule has 0 aromatic heterocycles. The standard InChI is InChI=1S/C12H14FN/c13-9-6-8-2-1-3-10(8)11(7-9)12-4-5-14-12/h6-7,12,14H,1-5H2/t12-/m1/s1. The van der Waals surface area contributed by atoms with E-state index in [1.165, 1.54) is 23.1 Å². The molecule has 74 valence electrons. The van der Waals surface area contributed by atoms with Crippen LogP contribution in [0.15, 0.2) is 12.1 Å². The van der Waals surface area contributed by atoms with Crippen molar-refractivity contribution < 1.29 is 4.39 Å². The molecule has 0 bridgehead atoms. The molecule has 0 unspecified atom stereocenters. The van der Waals surface area contributed by atoms with Crippen molar-refractivity contribution >= 4 is 0 Å². The SMILES string of the molecule is Fc1cc2c(c([C@H]3CCN3)c1)CCC2. The first-order chi connectivity index (χ1) is 6.84.